The molecule has 6 heteroatoms. The number of nitrogen functional groups attached to an aromatic ring is 1. The van der Waals surface area contributed by atoms with Gasteiger partial charge in [0.05, 0.1) is 0 Å². The molecule has 1 aromatic carbocycles. The van der Waals surface area contributed by atoms with E-state index in [1.54, 1.807) is 18.2 Å². The van der Waals surface area contributed by atoms with Crippen molar-refractivity contribution >= 4 is 34.5 Å². The maximum absolute atomic E-state index is 10.3. The second-order valence-electron chi connectivity index (χ2n) is 2.89. The highest BCUT2D eigenvalue weighted by atomic mass is 32.2. The number of hydrogen-bond donors (Lipinski definition) is 2. The molecule has 0 fully saturated rings. The van der Waals surface area contributed by atoms with Crippen LogP contribution in [0.1, 0.15) is 0 Å². The topological polar surface area (TPSA) is 89.3 Å². The van der Waals surface area contributed by atoms with E-state index in [9.17, 15) is 4.79 Å². The van der Waals surface area contributed by atoms with Gasteiger partial charge in [0.1, 0.15) is 11.3 Å². The monoisotopic (exact) mass is 224 g/mol. The van der Waals surface area contributed by atoms with Crippen molar-refractivity contribution in [2.24, 2.45) is 0 Å². The lowest BCUT2D eigenvalue weighted by Gasteiger charge is -1.89. The Morgan fingerprint density at radius 2 is 2.40 bits per heavy atom. The second-order valence-corrected chi connectivity index (χ2v) is 3.82. The van der Waals surface area contributed by atoms with Crippen LogP contribution in [0.5, 0.6) is 0 Å². The van der Waals surface area contributed by atoms with Crippen molar-refractivity contribution < 1.29 is 14.3 Å². The van der Waals surface area contributed by atoms with Crippen molar-refractivity contribution in [1.29, 1.82) is 0 Å². The summed E-state index contributed by atoms with van der Waals surface area (Å²) in [6.07, 6.45) is 0. The maximum atomic E-state index is 10.3. The Bertz CT molecular complexity index is 509. The Hall–Kier alpha value is -1.69. The first-order valence-electron chi connectivity index (χ1n) is 4.16. The Labute approximate surface area is 89.3 Å². The third-order valence-electron chi connectivity index (χ3n) is 1.71. The summed E-state index contributed by atoms with van der Waals surface area (Å²) < 4.78 is 5.31. The number of benzene rings is 1. The minimum absolute atomic E-state index is 0.0672. The second kappa shape index (κ2) is 3.82. The molecular weight excluding hydrogens is 216 g/mol. The van der Waals surface area contributed by atoms with E-state index in [0.717, 1.165) is 11.8 Å². The third-order valence-corrected chi connectivity index (χ3v) is 2.52. The number of nitrogens with zero attached hydrogens (tertiary/aromatic N) is 1. The molecule has 5 nitrogen and oxygen atoms in total. The standard InChI is InChI=1S/C9H8N2O3S/c10-5-1-2-6-7(3-5)14-9(11-6)15-4-8(12)13/h1-3H,4,10H2,(H,12,13). The first kappa shape index (κ1) is 9.85. The number of anilines is 1. The van der Waals surface area contributed by atoms with Crippen molar-refractivity contribution in [2.75, 3.05) is 11.5 Å². The summed E-state index contributed by atoms with van der Waals surface area (Å²) in [6, 6.07) is 5.11. The van der Waals surface area contributed by atoms with E-state index >= 15 is 0 Å². The minimum Gasteiger partial charge on any atom is -0.481 e. The van der Waals surface area contributed by atoms with E-state index in [-0.39, 0.29) is 5.75 Å². The van der Waals surface area contributed by atoms with Crippen molar-refractivity contribution in [1.82, 2.24) is 4.98 Å². The number of rotatable bonds is 3. The van der Waals surface area contributed by atoms with Crippen LogP contribution in [0.4, 0.5) is 5.69 Å². The fraction of sp³-hybridized carbons (Fsp3) is 0.111. The van der Waals surface area contributed by atoms with Crippen molar-refractivity contribution in [3.05, 3.63) is 18.2 Å². The van der Waals surface area contributed by atoms with Crippen LogP contribution in [0, 0.1) is 0 Å². The molecular formula is C9H8N2O3S. The predicted octanol–water partition coefficient (Wildman–Crippen LogP) is 1.59. The molecule has 0 saturated heterocycles. The van der Waals surface area contributed by atoms with Crippen LogP contribution >= 0.6 is 11.8 Å². The van der Waals surface area contributed by atoms with Gasteiger partial charge in [-0.05, 0) is 12.1 Å². The van der Waals surface area contributed by atoms with Crippen LogP contribution in [0.3, 0.4) is 0 Å². The van der Waals surface area contributed by atoms with Crippen LogP contribution < -0.4 is 5.73 Å². The molecule has 0 aliphatic carbocycles. The van der Waals surface area contributed by atoms with Crippen LogP contribution in [-0.4, -0.2) is 21.8 Å². The molecule has 2 rings (SSSR count). The Morgan fingerprint density at radius 3 is 3.13 bits per heavy atom. The zero-order valence-corrected chi connectivity index (χ0v) is 8.45. The molecule has 0 atom stereocenters. The van der Waals surface area contributed by atoms with E-state index < -0.39 is 5.97 Å². The number of oxazole rings is 1. The minimum atomic E-state index is -0.901. The van der Waals surface area contributed by atoms with Gasteiger partial charge in [-0.3, -0.25) is 4.79 Å². The van der Waals surface area contributed by atoms with Crippen molar-refractivity contribution in [3.8, 4) is 0 Å². The van der Waals surface area contributed by atoms with Gasteiger partial charge in [-0.15, -0.1) is 0 Å². The summed E-state index contributed by atoms with van der Waals surface area (Å²) in [6.45, 7) is 0. The van der Waals surface area contributed by atoms with Crippen molar-refractivity contribution in [2.45, 2.75) is 5.22 Å². The van der Waals surface area contributed by atoms with E-state index in [0.29, 0.717) is 22.0 Å². The van der Waals surface area contributed by atoms with Crippen LogP contribution in [0.2, 0.25) is 0 Å². The van der Waals surface area contributed by atoms with Gasteiger partial charge in [0, 0.05) is 11.8 Å². The summed E-state index contributed by atoms with van der Waals surface area (Å²) in [5.74, 6) is -0.968. The van der Waals surface area contributed by atoms with Gasteiger partial charge < -0.3 is 15.3 Å². The first-order valence-corrected chi connectivity index (χ1v) is 5.14. The molecule has 0 aliphatic rings. The number of carbonyl (C=O) groups is 1. The first-order chi connectivity index (χ1) is 7.15. The number of hydrogen-bond acceptors (Lipinski definition) is 5. The highest BCUT2D eigenvalue weighted by molar-refractivity contribution is 7.99. The highest BCUT2D eigenvalue weighted by Gasteiger charge is 2.08. The Balaban J connectivity index is 2.27. The van der Waals surface area contributed by atoms with Gasteiger partial charge in [0.25, 0.3) is 5.22 Å². The van der Waals surface area contributed by atoms with Crippen LogP contribution in [-0.2, 0) is 4.79 Å². The van der Waals surface area contributed by atoms with Gasteiger partial charge in [-0.1, -0.05) is 11.8 Å². The van der Waals surface area contributed by atoms with Gasteiger partial charge in [0.2, 0.25) is 0 Å². The lowest BCUT2D eigenvalue weighted by Crippen LogP contribution is -1.97. The molecule has 2 aromatic rings. The highest BCUT2D eigenvalue weighted by Crippen LogP contribution is 2.24. The quantitative estimate of drug-likeness (QED) is 0.607. The normalized spacial score (nSPS) is 10.7. The SMILES string of the molecule is Nc1ccc2nc(SCC(=O)O)oc2c1. The Morgan fingerprint density at radius 1 is 1.60 bits per heavy atom. The van der Waals surface area contributed by atoms with E-state index in [1.165, 1.54) is 0 Å². The zero-order chi connectivity index (χ0) is 10.8. The van der Waals surface area contributed by atoms with Crippen molar-refractivity contribution in [3.63, 3.8) is 0 Å². The lowest BCUT2D eigenvalue weighted by atomic mass is 10.3. The van der Waals surface area contributed by atoms with Gasteiger partial charge in [0.15, 0.2) is 5.58 Å². The summed E-state index contributed by atoms with van der Waals surface area (Å²) in [5, 5.41) is 8.83. The van der Waals surface area contributed by atoms with E-state index in [1.807, 2.05) is 0 Å². The predicted molar refractivity (Wildman–Crippen MR) is 56.8 cm³/mol. The summed E-state index contributed by atoms with van der Waals surface area (Å²) >= 11 is 1.04. The molecule has 0 unspecified atom stereocenters. The molecule has 0 aliphatic heterocycles. The lowest BCUT2D eigenvalue weighted by molar-refractivity contribution is -0.133. The van der Waals surface area contributed by atoms with Gasteiger partial charge >= 0.3 is 5.97 Å². The summed E-state index contributed by atoms with van der Waals surface area (Å²) in [4.78, 5) is 14.4. The number of thioether (sulfide) groups is 1. The average molecular weight is 224 g/mol. The smallest absolute Gasteiger partial charge is 0.314 e. The molecule has 1 heterocycles. The third kappa shape index (κ3) is 2.21. The molecule has 1 aromatic heterocycles. The molecule has 15 heavy (non-hydrogen) atoms. The number of carboxylic acids is 1. The molecule has 0 saturated carbocycles. The van der Waals surface area contributed by atoms with Crippen LogP contribution in [0.25, 0.3) is 11.1 Å². The summed E-state index contributed by atoms with van der Waals surface area (Å²) in [7, 11) is 0. The molecule has 0 bridgehead atoms. The Kier molecular flexibility index (Phi) is 2.51. The fourth-order valence-corrected chi connectivity index (χ4v) is 1.66. The molecule has 0 spiro atoms. The van der Waals surface area contributed by atoms with E-state index in [2.05, 4.69) is 4.98 Å². The van der Waals surface area contributed by atoms with Gasteiger partial charge in [-0.25, -0.2) is 4.98 Å². The van der Waals surface area contributed by atoms with Crippen LogP contribution in [0.15, 0.2) is 27.8 Å². The zero-order valence-electron chi connectivity index (χ0n) is 7.64. The number of aliphatic carboxylic acids is 1. The molecule has 0 radical (unpaired) electrons. The maximum Gasteiger partial charge on any atom is 0.314 e. The van der Waals surface area contributed by atoms with E-state index in [4.69, 9.17) is 15.3 Å². The number of nitrogens with two attached hydrogens (primary N) is 1. The average Bonchev–Trinajstić information content (AvgIpc) is 2.56. The number of fused-ring (bicyclic) bond motifs is 1. The molecule has 0 amide bonds. The molecule has 78 valence electrons. The molecule has 3 N–H and O–H groups in total. The largest absolute Gasteiger partial charge is 0.481 e. The summed E-state index contributed by atoms with van der Waals surface area (Å²) in [5.41, 5.74) is 7.41. The number of carboxylic acid groups (broad SMARTS) is 1. The van der Waals surface area contributed by atoms with Gasteiger partial charge in [-0.2, -0.15) is 0 Å². The fourth-order valence-electron chi connectivity index (χ4n) is 1.11. The number of aromatic nitrogens is 1.